The monoisotopic (exact) mass is 496 g/mol. The first-order chi connectivity index (χ1) is 15.1. The minimum Gasteiger partial charge on any atom is -0.310 e. The van der Waals surface area contributed by atoms with E-state index in [0.717, 1.165) is 19.3 Å². The Kier molecular flexibility index (Phi) is 6.30. The van der Waals surface area contributed by atoms with E-state index >= 15 is 0 Å². The number of aryl methyl sites for hydroxylation is 1. The highest BCUT2D eigenvalue weighted by atomic mass is 32.2. The van der Waals surface area contributed by atoms with E-state index in [1.54, 1.807) is 0 Å². The number of allylic oxidation sites excluding steroid dienone is 1. The number of pyridine rings is 1. The third-order valence-corrected chi connectivity index (χ3v) is 6.51. The van der Waals surface area contributed by atoms with Crippen molar-refractivity contribution in [1.82, 2.24) is 19.5 Å². The summed E-state index contributed by atoms with van der Waals surface area (Å²) in [6, 6.07) is 0.784. The Bertz CT molecular complexity index is 1270. The van der Waals surface area contributed by atoms with Gasteiger partial charge in [-0.15, -0.1) is 0 Å². The number of aliphatic imine (C=N–C) groups is 1. The lowest BCUT2D eigenvalue weighted by Crippen LogP contribution is -2.29. The van der Waals surface area contributed by atoms with Crippen molar-refractivity contribution in [1.29, 1.82) is 0 Å². The average Bonchev–Trinajstić information content (AvgIpc) is 3.01. The van der Waals surface area contributed by atoms with Crippen molar-refractivity contribution in [3.8, 4) is 0 Å². The van der Waals surface area contributed by atoms with E-state index in [1.807, 2.05) is 0 Å². The molecule has 0 unspecified atom stereocenters. The van der Waals surface area contributed by atoms with Gasteiger partial charge < -0.3 is 4.57 Å². The Morgan fingerprint density at radius 2 is 1.88 bits per heavy atom. The number of hydrogen-bond donors (Lipinski definition) is 0. The molecular weight excluding hydrogens is 478 g/mol. The van der Waals surface area contributed by atoms with Crippen LogP contribution >= 0.6 is 0 Å². The van der Waals surface area contributed by atoms with Crippen LogP contribution in [0.25, 0.3) is 16.9 Å². The predicted octanol–water partition coefficient (Wildman–Crippen LogP) is 3.42. The second-order valence-corrected chi connectivity index (χ2v) is 9.49. The van der Waals surface area contributed by atoms with Gasteiger partial charge in [-0.1, -0.05) is 6.92 Å². The molecule has 0 N–H and O–H groups in total. The molecule has 1 aliphatic rings. The van der Waals surface area contributed by atoms with Crippen LogP contribution < -0.4 is 0 Å². The number of halogens is 6. The van der Waals surface area contributed by atoms with Gasteiger partial charge in [0.25, 0.3) is 0 Å². The first-order valence-electron chi connectivity index (χ1n) is 9.37. The zero-order valence-electron chi connectivity index (χ0n) is 17.5. The van der Waals surface area contributed by atoms with Crippen LogP contribution in [0.5, 0.6) is 0 Å². The first-order valence-corrected chi connectivity index (χ1v) is 11.0. The third-order valence-electron chi connectivity index (χ3n) is 4.66. The predicted molar refractivity (Wildman–Crippen MR) is 109 cm³/mol. The van der Waals surface area contributed by atoms with Crippen LogP contribution in [0.4, 0.5) is 26.3 Å². The minimum absolute atomic E-state index is 0.0335. The Hall–Kier alpha value is -2.97. The maximum Gasteiger partial charge on any atom is 0.417 e. The van der Waals surface area contributed by atoms with Crippen molar-refractivity contribution in [2.75, 3.05) is 19.3 Å². The number of hydrogen-bond acceptors (Lipinski definition) is 7. The number of imidazole rings is 1. The summed E-state index contributed by atoms with van der Waals surface area (Å²) in [5, 5.41) is 4.38. The van der Waals surface area contributed by atoms with Crippen LogP contribution in [0.2, 0.25) is 0 Å². The van der Waals surface area contributed by atoms with Crippen LogP contribution in [-0.4, -0.2) is 65.4 Å². The molecule has 2 aromatic rings. The molecule has 0 saturated heterocycles. The molecular formula is C18H18F6N6O2S. The van der Waals surface area contributed by atoms with Gasteiger partial charge in [0.05, 0.1) is 28.1 Å². The second kappa shape index (κ2) is 8.43. The molecule has 0 aliphatic carbocycles. The van der Waals surface area contributed by atoms with Gasteiger partial charge in [-0.25, -0.2) is 23.4 Å². The topological polar surface area (TPSA) is 92.8 Å². The Balaban J connectivity index is 2.11. The highest BCUT2D eigenvalue weighted by Gasteiger charge is 2.33. The minimum atomic E-state index is -4.65. The summed E-state index contributed by atoms with van der Waals surface area (Å²) in [6.07, 6.45) is -7.78. The Morgan fingerprint density at radius 3 is 2.45 bits per heavy atom. The fourth-order valence-corrected chi connectivity index (χ4v) is 4.29. The fourth-order valence-electron chi connectivity index (χ4n) is 3.14. The normalized spacial score (nSPS) is 16.8. The second-order valence-electron chi connectivity index (χ2n) is 7.19. The molecule has 0 bridgehead atoms. The van der Waals surface area contributed by atoms with Crippen LogP contribution in [-0.2, 0) is 23.1 Å². The van der Waals surface area contributed by atoms with Crippen LogP contribution in [0.3, 0.4) is 0 Å². The maximum atomic E-state index is 13.0. The quantitative estimate of drug-likeness (QED) is 0.467. The number of nitrogens with zero attached hydrogens (tertiary/aromatic N) is 6. The lowest BCUT2D eigenvalue weighted by atomic mass is 10.2. The summed E-state index contributed by atoms with van der Waals surface area (Å²) in [5.41, 5.74) is -1.25. The molecule has 180 valence electrons. The van der Waals surface area contributed by atoms with Crippen LogP contribution in [0.1, 0.15) is 24.7 Å². The molecule has 0 atom stereocenters. The van der Waals surface area contributed by atoms with Crippen molar-refractivity contribution in [3.63, 3.8) is 0 Å². The van der Waals surface area contributed by atoms with Gasteiger partial charge in [-0.2, -0.15) is 31.4 Å². The van der Waals surface area contributed by atoms with Crippen molar-refractivity contribution >= 4 is 38.6 Å². The number of alkyl halides is 6. The molecule has 0 aromatic carbocycles. The van der Waals surface area contributed by atoms with Crippen LogP contribution in [0.15, 0.2) is 27.3 Å². The maximum absolute atomic E-state index is 13.0. The van der Waals surface area contributed by atoms with Gasteiger partial charge in [0.2, 0.25) is 0 Å². The van der Waals surface area contributed by atoms with Crippen LogP contribution in [0, 0.1) is 0 Å². The molecule has 0 fully saturated rings. The number of sulfone groups is 1. The summed E-state index contributed by atoms with van der Waals surface area (Å²) >= 11 is 0. The van der Waals surface area contributed by atoms with E-state index in [2.05, 4.69) is 20.1 Å². The SMILES string of the molecule is CCS(=O)(=O)C1=C(c2nc3cc(C(F)(F)F)cnc3n2C)N=CC(=NN(C)CC(F)(F)F)C1. The summed E-state index contributed by atoms with van der Waals surface area (Å²) in [5.74, 6) is -0.393. The first kappa shape index (κ1) is 24.7. The highest BCUT2D eigenvalue weighted by Crippen LogP contribution is 2.33. The molecule has 33 heavy (non-hydrogen) atoms. The van der Waals surface area contributed by atoms with Gasteiger partial charge in [0.1, 0.15) is 17.8 Å². The molecule has 1 aliphatic heterocycles. The number of rotatable bonds is 5. The Labute approximate surface area is 184 Å². The summed E-state index contributed by atoms with van der Waals surface area (Å²) in [7, 11) is -1.40. The smallest absolute Gasteiger partial charge is 0.310 e. The molecule has 15 heteroatoms. The van der Waals surface area contributed by atoms with E-state index in [4.69, 9.17) is 0 Å². The standard InChI is InChI=1S/C18H18F6N6O2S/c1-4-33(31,32)13-6-11(28-29(2)9-17(19,20)21)8-25-14(13)16-27-12-5-10(18(22,23)24)7-26-15(12)30(16)3/h5,7-8H,4,6,9H2,1-3H3. The van der Waals surface area contributed by atoms with Gasteiger partial charge in [-0.3, -0.25) is 5.01 Å². The van der Waals surface area contributed by atoms with E-state index in [0.29, 0.717) is 11.2 Å². The van der Waals surface area contributed by atoms with E-state index in [-0.39, 0.29) is 45.5 Å². The number of aromatic nitrogens is 3. The lowest BCUT2D eigenvalue weighted by molar-refractivity contribution is -0.143. The molecule has 3 heterocycles. The molecule has 0 saturated carbocycles. The van der Waals surface area contributed by atoms with Crippen molar-refractivity contribution < 1.29 is 34.8 Å². The number of fused-ring (bicyclic) bond motifs is 1. The molecule has 2 aromatic heterocycles. The highest BCUT2D eigenvalue weighted by molar-refractivity contribution is 7.95. The van der Waals surface area contributed by atoms with Gasteiger partial charge in [0, 0.05) is 26.7 Å². The van der Waals surface area contributed by atoms with Crippen molar-refractivity contribution in [2.45, 2.75) is 25.7 Å². The van der Waals surface area contributed by atoms with E-state index in [9.17, 15) is 34.8 Å². The molecule has 0 radical (unpaired) electrons. The summed E-state index contributed by atoms with van der Waals surface area (Å²) in [4.78, 5) is 11.7. The van der Waals surface area contributed by atoms with Crippen molar-refractivity contribution in [2.24, 2.45) is 17.1 Å². The zero-order chi connectivity index (χ0) is 24.8. The van der Waals surface area contributed by atoms with E-state index < -0.39 is 34.3 Å². The lowest BCUT2D eigenvalue weighted by Gasteiger charge is -2.19. The zero-order valence-corrected chi connectivity index (χ0v) is 18.3. The fraction of sp³-hybridized carbons (Fsp3) is 0.444. The molecule has 8 nitrogen and oxygen atoms in total. The molecule has 0 spiro atoms. The summed E-state index contributed by atoms with van der Waals surface area (Å²) < 4.78 is 104. The van der Waals surface area contributed by atoms with Gasteiger partial charge in [-0.05, 0) is 6.07 Å². The average molecular weight is 496 g/mol. The Morgan fingerprint density at radius 1 is 1.21 bits per heavy atom. The van der Waals surface area contributed by atoms with E-state index in [1.165, 1.54) is 18.5 Å². The third kappa shape index (κ3) is 5.34. The largest absolute Gasteiger partial charge is 0.417 e. The molecule has 3 rings (SSSR count). The van der Waals surface area contributed by atoms with Crippen molar-refractivity contribution in [3.05, 3.63) is 28.6 Å². The molecule has 0 amide bonds. The summed E-state index contributed by atoms with van der Waals surface area (Å²) in [6.45, 7) is 0.0195. The van der Waals surface area contributed by atoms with Gasteiger partial charge in [0.15, 0.2) is 21.3 Å². The van der Waals surface area contributed by atoms with Gasteiger partial charge >= 0.3 is 12.4 Å². The number of hydrazone groups is 1.